The van der Waals surface area contributed by atoms with Gasteiger partial charge in [-0.2, -0.15) is 27.1 Å². The van der Waals surface area contributed by atoms with Gasteiger partial charge in [0, 0.05) is 0 Å². The summed E-state index contributed by atoms with van der Waals surface area (Å²) in [6, 6.07) is 3.88. The van der Waals surface area contributed by atoms with Gasteiger partial charge in [0.15, 0.2) is 0 Å². The van der Waals surface area contributed by atoms with Crippen LogP contribution < -0.4 is 5.73 Å². The molecule has 26 heavy (non-hydrogen) atoms. The average Bonchev–Trinajstić information content (AvgIpc) is 2.51. The van der Waals surface area contributed by atoms with E-state index in [9.17, 15) is 25.9 Å². The molecule has 0 saturated carbocycles. The van der Waals surface area contributed by atoms with Crippen molar-refractivity contribution in [3.63, 3.8) is 0 Å². The van der Waals surface area contributed by atoms with Gasteiger partial charge >= 0.3 is 0 Å². The van der Waals surface area contributed by atoms with Crippen molar-refractivity contribution in [1.29, 1.82) is 0 Å². The van der Waals surface area contributed by atoms with Gasteiger partial charge in [-0.3, -0.25) is 14.0 Å². The maximum atomic E-state index is 11.7. The van der Waals surface area contributed by atoms with Gasteiger partial charge in [0.05, 0.1) is 0 Å². The largest absolute Gasteiger partial charge is 0.308 e. The number of allylic oxidation sites excluding steroid dienone is 2. The summed E-state index contributed by atoms with van der Waals surface area (Å²) in [5.41, 5.74) is 4.57. The minimum Gasteiger partial charge on any atom is -0.308 e. The van der Waals surface area contributed by atoms with Gasteiger partial charge in [0.1, 0.15) is 27.2 Å². The first-order valence-corrected chi connectivity index (χ1v) is 10.1. The number of azo groups is 1. The van der Waals surface area contributed by atoms with Crippen LogP contribution in [-0.4, -0.2) is 56.6 Å². The van der Waals surface area contributed by atoms with E-state index in [1.165, 1.54) is 35.3 Å². The van der Waals surface area contributed by atoms with Crippen LogP contribution in [0.5, 0.6) is 0 Å². The fraction of sp³-hybridized carbons (Fsp3) is 0.286. The van der Waals surface area contributed by atoms with E-state index in [1.807, 2.05) is 0 Å². The van der Waals surface area contributed by atoms with Gasteiger partial charge in [-0.25, -0.2) is 0 Å². The van der Waals surface area contributed by atoms with Crippen LogP contribution in [0.25, 0.3) is 0 Å². The van der Waals surface area contributed by atoms with Crippen LogP contribution in [0.4, 0.5) is 5.69 Å². The first-order valence-electron chi connectivity index (χ1n) is 7.18. The van der Waals surface area contributed by atoms with Crippen molar-refractivity contribution in [2.45, 2.75) is 16.6 Å². The first-order chi connectivity index (χ1) is 11.9. The Morgan fingerprint density at radius 3 is 2.27 bits per heavy atom. The van der Waals surface area contributed by atoms with Crippen LogP contribution >= 0.6 is 0 Å². The SMILES string of the molecule is CN(C)C1(N)C=CC=C(S(=O)(=O)O)C1N=Nc1ccccc1S(=O)(=O)O. The lowest BCUT2D eigenvalue weighted by atomic mass is 9.95. The Bertz CT molecular complexity index is 998. The molecule has 0 fully saturated rings. The van der Waals surface area contributed by atoms with E-state index in [0.717, 1.165) is 12.1 Å². The van der Waals surface area contributed by atoms with Gasteiger partial charge in [0.2, 0.25) is 0 Å². The van der Waals surface area contributed by atoms with Gasteiger partial charge in [-0.1, -0.05) is 18.2 Å². The Hall–Kier alpha value is -1.96. The molecule has 0 saturated heterocycles. The third-order valence-corrected chi connectivity index (χ3v) is 5.68. The Morgan fingerprint density at radius 2 is 1.73 bits per heavy atom. The monoisotopic (exact) mass is 402 g/mol. The normalized spacial score (nSPS) is 24.2. The molecule has 0 aromatic heterocycles. The molecule has 2 atom stereocenters. The molecule has 1 aromatic rings. The van der Waals surface area contributed by atoms with E-state index in [1.54, 1.807) is 14.1 Å². The maximum Gasteiger partial charge on any atom is 0.296 e. The molecule has 2 unspecified atom stereocenters. The molecule has 1 aliphatic carbocycles. The van der Waals surface area contributed by atoms with E-state index >= 15 is 0 Å². The van der Waals surface area contributed by atoms with Crippen LogP contribution in [0.1, 0.15) is 0 Å². The van der Waals surface area contributed by atoms with Crippen molar-refractivity contribution < 1.29 is 25.9 Å². The van der Waals surface area contributed by atoms with Crippen LogP contribution in [0.15, 0.2) is 62.5 Å². The third-order valence-electron chi connectivity index (χ3n) is 3.83. The van der Waals surface area contributed by atoms with Gasteiger partial charge in [0.25, 0.3) is 20.2 Å². The van der Waals surface area contributed by atoms with Crippen LogP contribution in [0, 0.1) is 0 Å². The molecule has 4 N–H and O–H groups in total. The highest BCUT2D eigenvalue weighted by Gasteiger charge is 2.43. The Labute approximate surface area is 151 Å². The quantitative estimate of drug-likeness (QED) is 0.372. The van der Waals surface area contributed by atoms with E-state index < -0.39 is 41.7 Å². The van der Waals surface area contributed by atoms with Gasteiger partial charge in [-0.15, -0.1) is 0 Å². The Morgan fingerprint density at radius 1 is 1.12 bits per heavy atom. The lowest BCUT2D eigenvalue weighted by molar-refractivity contribution is 0.189. The summed E-state index contributed by atoms with van der Waals surface area (Å²) in [6.45, 7) is 0. The molecule has 0 aliphatic heterocycles. The summed E-state index contributed by atoms with van der Waals surface area (Å²) in [6.07, 6.45) is 3.96. The standard InChI is InChI=1S/C14H18N4O6S2/c1-18(2)14(15)9-5-8-12(26(22,23)24)13(14)17-16-10-6-3-4-7-11(10)25(19,20)21/h3-9,13H,15H2,1-2H3,(H,19,20,21)(H,22,23,24). The predicted molar refractivity (Wildman–Crippen MR) is 93.9 cm³/mol. The minimum atomic E-state index is -4.64. The summed E-state index contributed by atoms with van der Waals surface area (Å²) in [5.74, 6) is 0. The number of hydrogen-bond donors (Lipinski definition) is 3. The highest BCUT2D eigenvalue weighted by atomic mass is 32.2. The lowest BCUT2D eigenvalue weighted by Gasteiger charge is -2.39. The topological polar surface area (TPSA) is 163 Å². The number of likely N-dealkylation sites (N-methyl/N-ethyl adjacent to an activating group) is 1. The van der Waals surface area contributed by atoms with Crippen molar-refractivity contribution in [2.75, 3.05) is 14.1 Å². The molecule has 1 aliphatic rings. The van der Waals surface area contributed by atoms with Crippen molar-refractivity contribution in [1.82, 2.24) is 4.90 Å². The number of nitrogens with two attached hydrogens (primary N) is 1. The fourth-order valence-electron chi connectivity index (χ4n) is 2.36. The minimum absolute atomic E-state index is 0.208. The van der Waals surface area contributed by atoms with Crippen LogP contribution in [-0.2, 0) is 20.2 Å². The van der Waals surface area contributed by atoms with Crippen molar-refractivity contribution >= 4 is 25.9 Å². The molecule has 0 amide bonds. The molecule has 0 heterocycles. The zero-order valence-corrected chi connectivity index (χ0v) is 15.5. The van der Waals surface area contributed by atoms with Crippen molar-refractivity contribution in [3.8, 4) is 0 Å². The molecule has 0 radical (unpaired) electrons. The predicted octanol–water partition coefficient (Wildman–Crippen LogP) is 0.944. The van der Waals surface area contributed by atoms with E-state index in [2.05, 4.69) is 10.2 Å². The van der Waals surface area contributed by atoms with E-state index in [0.29, 0.717) is 0 Å². The third kappa shape index (κ3) is 4.06. The van der Waals surface area contributed by atoms with E-state index in [-0.39, 0.29) is 5.69 Å². The second kappa shape index (κ2) is 6.98. The molecule has 0 bridgehead atoms. The summed E-state index contributed by atoms with van der Waals surface area (Å²) in [4.78, 5) is 0.476. The summed E-state index contributed by atoms with van der Waals surface area (Å²) < 4.78 is 65.0. The fourth-order valence-corrected chi connectivity index (χ4v) is 3.75. The highest BCUT2D eigenvalue weighted by molar-refractivity contribution is 7.89. The molecule has 12 heteroatoms. The number of benzene rings is 1. The second-order valence-electron chi connectivity index (χ2n) is 5.75. The zero-order chi connectivity index (χ0) is 19.8. The smallest absolute Gasteiger partial charge is 0.296 e. The lowest BCUT2D eigenvalue weighted by Crippen LogP contribution is -2.60. The van der Waals surface area contributed by atoms with E-state index in [4.69, 9.17) is 5.73 Å². The zero-order valence-electron chi connectivity index (χ0n) is 13.9. The summed E-state index contributed by atoms with van der Waals surface area (Å²) >= 11 is 0. The molecular weight excluding hydrogens is 384 g/mol. The highest BCUT2D eigenvalue weighted by Crippen LogP contribution is 2.32. The first kappa shape index (κ1) is 20.4. The molecule has 1 aromatic carbocycles. The number of hydrogen-bond acceptors (Lipinski definition) is 8. The molecule has 2 rings (SSSR count). The molecule has 0 spiro atoms. The summed E-state index contributed by atoms with van der Waals surface area (Å²) in [5, 5.41) is 7.64. The number of rotatable bonds is 5. The van der Waals surface area contributed by atoms with Gasteiger partial charge < -0.3 is 5.73 Å². The van der Waals surface area contributed by atoms with Gasteiger partial charge in [-0.05, 0) is 38.4 Å². The number of nitrogens with zero attached hydrogens (tertiary/aromatic N) is 3. The maximum absolute atomic E-state index is 11.7. The summed E-state index contributed by atoms with van der Waals surface area (Å²) in [7, 11) is -6.06. The van der Waals surface area contributed by atoms with Crippen molar-refractivity contribution in [3.05, 3.63) is 47.4 Å². The molecular formula is C14H18N4O6S2. The van der Waals surface area contributed by atoms with Crippen LogP contribution in [0.3, 0.4) is 0 Å². The second-order valence-corrected chi connectivity index (χ2v) is 8.56. The average molecular weight is 402 g/mol. The molecule has 142 valence electrons. The van der Waals surface area contributed by atoms with Crippen molar-refractivity contribution in [2.24, 2.45) is 16.0 Å². The Kier molecular flexibility index (Phi) is 5.46. The van der Waals surface area contributed by atoms with Crippen LogP contribution in [0.2, 0.25) is 0 Å². The molecule has 10 nitrogen and oxygen atoms in total. The Balaban J connectivity index is 2.59.